The minimum atomic E-state index is -0.404. The standard InChI is InChI=1S/C10H10O3S/c1-2-9(12)13-10(14)7-5-3-4-6-8(7)11/h3-6,11H,2H2,1H3. The molecule has 3 nitrogen and oxygen atoms in total. The van der Waals surface area contributed by atoms with Crippen LogP contribution < -0.4 is 0 Å². The fraction of sp³-hybridized carbons (Fsp3) is 0.200. The highest BCUT2D eigenvalue weighted by atomic mass is 32.1. The summed E-state index contributed by atoms with van der Waals surface area (Å²) in [5, 5.41) is 9.40. The van der Waals surface area contributed by atoms with Crippen LogP contribution in [-0.4, -0.2) is 16.1 Å². The predicted octanol–water partition coefficient (Wildman–Crippen LogP) is 2.02. The van der Waals surface area contributed by atoms with Crippen molar-refractivity contribution in [3.8, 4) is 5.75 Å². The first kappa shape index (κ1) is 10.7. The number of carbonyl (C=O) groups is 1. The van der Waals surface area contributed by atoms with Crippen LogP contribution in [0, 0.1) is 0 Å². The van der Waals surface area contributed by atoms with Gasteiger partial charge in [0.2, 0.25) is 5.05 Å². The maximum absolute atomic E-state index is 10.9. The summed E-state index contributed by atoms with van der Waals surface area (Å²) in [5.41, 5.74) is 0.365. The van der Waals surface area contributed by atoms with E-state index < -0.39 is 5.97 Å². The van der Waals surface area contributed by atoms with E-state index in [1.807, 2.05) is 0 Å². The summed E-state index contributed by atoms with van der Waals surface area (Å²) in [6.45, 7) is 1.68. The summed E-state index contributed by atoms with van der Waals surface area (Å²) in [6, 6.07) is 6.46. The average molecular weight is 210 g/mol. The molecule has 1 aromatic carbocycles. The first-order valence-corrected chi connectivity index (χ1v) is 4.59. The highest BCUT2D eigenvalue weighted by Crippen LogP contribution is 2.17. The Balaban J connectivity index is 2.80. The predicted molar refractivity (Wildman–Crippen MR) is 56.2 cm³/mol. The molecule has 1 N–H and O–H groups in total. The van der Waals surface area contributed by atoms with Crippen molar-refractivity contribution in [1.82, 2.24) is 0 Å². The quantitative estimate of drug-likeness (QED) is 0.599. The summed E-state index contributed by atoms with van der Waals surface area (Å²) < 4.78 is 4.80. The fourth-order valence-corrected chi connectivity index (χ4v) is 1.14. The SMILES string of the molecule is CCC(=O)OC(=S)c1ccccc1O. The van der Waals surface area contributed by atoms with Crippen molar-refractivity contribution in [2.24, 2.45) is 0 Å². The fourth-order valence-electron chi connectivity index (χ4n) is 0.877. The lowest BCUT2D eigenvalue weighted by Crippen LogP contribution is -2.10. The maximum atomic E-state index is 10.9. The van der Waals surface area contributed by atoms with Gasteiger partial charge in [-0.05, 0) is 24.4 Å². The number of hydrogen-bond donors (Lipinski definition) is 1. The van der Waals surface area contributed by atoms with Crippen LogP contribution in [0.4, 0.5) is 0 Å². The van der Waals surface area contributed by atoms with Crippen molar-refractivity contribution in [2.45, 2.75) is 13.3 Å². The molecule has 0 aromatic heterocycles. The number of ether oxygens (including phenoxy) is 1. The van der Waals surface area contributed by atoms with E-state index in [1.54, 1.807) is 25.1 Å². The molecule has 0 saturated heterocycles. The molecule has 1 aromatic rings. The second kappa shape index (κ2) is 4.72. The van der Waals surface area contributed by atoms with E-state index in [-0.39, 0.29) is 17.2 Å². The van der Waals surface area contributed by atoms with Gasteiger partial charge in [0.15, 0.2) is 0 Å². The number of aromatic hydroxyl groups is 1. The Morgan fingerprint density at radius 1 is 1.50 bits per heavy atom. The van der Waals surface area contributed by atoms with E-state index in [0.717, 1.165) is 0 Å². The van der Waals surface area contributed by atoms with Crippen LogP contribution >= 0.6 is 12.2 Å². The highest BCUT2D eigenvalue weighted by Gasteiger charge is 2.10. The van der Waals surface area contributed by atoms with Crippen molar-refractivity contribution in [3.05, 3.63) is 29.8 Å². The van der Waals surface area contributed by atoms with Crippen molar-refractivity contribution in [1.29, 1.82) is 0 Å². The molecular formula is C10H10O3S. The van der Waals surface area contributed by atoms with Gasteiger partial charge in [0, 0.05) is 6.42 Å². The molecule has 1 rings (SSSR count). The first-order valence-electron chi connectivity index (χ1n) is 4.18. The number of thiocarbonyl (C=S) groups is 1. The van der Waals surface area contributed by atoms with Gasteiger partial charge in [-0.1, -0.05) is 19.1 Å². The Labute approximate surface area is 87.3 Å². The molecule has 0 saturated carbocycles. The van der Waals surface area contributed by atoms with Crippen LogP contribution in [0.25, 0.3) is 0 Å². The highest BCUT2D eigenvalue weighted by molar-refractivity contribution is 7.80. The van der Waals surface area contributed by atoms with E-state index in [4.69, 9.17) is 17.0 Å². The number of phenolic OH excluding ortho intramolecular Hbond substituents is 1. The van der Waals surface area contributed by atoms with Crippen LogP contribution in [0.1, 0.15) is 18.9 Å². The summed E-state index contributed by atoms with van der Waals surface area (Å²) in [7, 11) is 0. The number of carbonyl (C=O) groups excluding carboxylic acids is 1. The number of benzene rings is 1. The van der Waals surface area contributed by atoms with E-state index in [1.165, 1.54) is 6.07 Å². The second-order valence-corrected chi connectivity index (χ2v) is 3.00. The minimum absolute atomic E-state index is 0.00921. The summed E-state index contributed by atoms with van der Waals surface area (Å²) in [5.74, 6) is -0.389. The number of hydrogen-bond acceptors (Lipinski definition) is 4. The van der Waals surface area contributed by atoms with Gasteiger partial charge in [0.1, 0.15) is 5.75 Å². The molecule has 0 atom stereocenters. The van der Waals surface area contributed by atoms with Crippen molar-refractivity contribution in [3.63, 3.8) is 0 Å². The van der Waals surface area contributed by atoms with Gasteiger partial charge in [-0.15, -0.1) is 0 Å². The number of para-hydroxylation sites is 1. The third kappa shape index (κ3) is 2.53. The molecule has 0 aliphatic rings. The molecule has 0 spiro atoms. The summed E-state index contributed by atoms with van der Waals surface area (Å²) in [6.07, 6.45) is 0.258. The lowest BCUT2D eigenvalue weighted by molar-refractivity contribution is -0.134. The Morgan fingerprint density at radius 2 is 2.14 bits per heavy atom. The van der Waals surface area contributed by atoms with Gasteiger partial charge in [0.05, 0.1) is 5.56 Å². The Bertz CT molecular complexity index is 360. The van der Waals surface area contributed by atoms with Crippen LogP contribution in [0.5, 0.6) is 5.75 Å². The molecule has 4 heteroatoms. The zero-order valence-electron chi connectivity index (χ0n) is 7.69. The normalized spacial score (nSPS) is 9.50. The zero-order valence-corrected chi connectivity index (χ0v) is 8.50. The molecular weight excluding hydrogens is 200 g/mol. The molecule has 0 heterocycles. The number of phenols is 1. The second-order valence-electron chi connectivity index (χ2n) is 2.63. The lowest BCUT2D eigenvalue weighted by atomic mass is 10.2. The van der Waals surface area contributed by atoms with Crippen molar-refractivity contribution in [2.75, 3.05) is 0 Å². The number of esters is 1. The third-order valence-corrected chi connectivity index (χ3v) is 1.92. The topological polar surface area (TPSA) is 46.5 Å². The summed E-state index contributed by atoms with van der Waals surface area (Å²) >= 11 is 4.85. The van der Waals surface area contributed by atoms with E-state index in [2.05, 4.69) is 0 Å². The molecule has 0 unspecified atom stereocenters. The minimum Gasteiger partial charge on any atom is -0.507 e. The van der Waals surface area contributed by atoms with Crippen LogP contribution in [0.3, 0.4) is 0 Å². The van der Waals surface area contributed by atoms with Crippen molar-refractivity contribution < 1.29 is 14.6 Å². The van der Waals surface area contributed by atoms with Gasteiger partial charge >= 0.3 is 5.97 Å². The molecule has 14 heavy (non-hydrogen) atoms. The van der Waals surface area contributed by atoms with Gasteiger partial charge in [0.25, 0.3) is 0 Å². The first-order chi connectivity index (χ1) is 6.65. The Kier molecular flexibility index (Phi) is 3.59. The summed E-state index contributed by atoms with van der Waals surface area (Å²) in [4.78, 5) is 10.9. The monoisotopic (exact) mass is 210 g/mol. The maximum Gasteiger partial charge on any atom is 0.311 e. The molecule has 0 amide bonds. The lowest BCUT2D eigenvalue weighted by Gasteiger charge is -2.05. The van der Waals surface area contributed by atoms with Crippen LogP contribution in [-0.2, 0) is 9.53 Å². The average Bonchev–Trinajstić information content (AvgIpc) is 2.18. The van der Waals surface area contributed by atoms with E-state index in [0.29, 0.717) is 5.56 Å². The molecule has 0 aliphatic heterocycles. The van der Waals surface area contributed by atoms with Gasteiger partial charge < -0.3 is 9.84 Å². The largest absolute Gasteiger partial charge is 0.507 e. The van der Waals surface area contributed by atoms with Gasteiger partial charge in [-0.2, -0.15) is 0 Å². The van der Waals surface area contributed by atoms with Gasteiger partial charge in [-0.25, -0.2) is 0 Å². The van der Waals surface area contributed by atoms with E-state index >= 15 is 0 Å². The number of rotatable bonds is 2. The molecule has 0 fully saturated rings. The smallest absolute Gasteiger partial charge is 0.311 e. The Hall–Kier alpha value is -1.42. The third-order valence-electron chi connectivity index (χ3n) is 1.62. The molecule has 0 radical (unpaired) electrons. The van der Waals surface area contributed by atoms with Crippen LogP contribution in [0.2, 0.25) is 0 Å². The Morgan fingerprint density at radius 3 is 2.71 bits per heavy atom. The zero-order chi connectivity index (χ0) is 10.6. The van der Waals surface area contributed by atoms with Gasteiger partial charge in [-0.3, -0.25) is 4.79 Å². The van der Waals surface area contributed by atoms with E-state index in [9.17, 15) is 9.90 Å². The van der Waals surface area contributed by atoms with Crippen molar-refractivity contribution >= 4 is 23.2 Å². The molecule has 0 bridgehead atoms. The molecule has 0 aliphatic carbocycles. The van der Waals surface area contributed by atoms with Crippen LogP contribution in [0.15, 0.2) is 24.3 Å². The molecule has 74 valence electrons.